The maximum Gasteiger partial charge on any atom is 0.258 e. The maximum atomic E-state index is 12.4. The summed E-state index contributed by atoms with van der Waals surface area (Å²) in [5, 5.41) is 0. The fraction of sp³-hybridized carbons (Fsp3) is 0.143. The minimum atomic E-state index is -0.0400. The van der Waals surface area contributed by atoms with Crippen molar-refractivity contribution in [3.63, 3.8) is 0 Å². The van der Waals surface area contributed by atoms with Gasteiger partial charge in [-0.05, 0) is 36.8 Å². The predicted octanol–water partition coefficient (Wildman–Crippen LogP) is 3.43. The molecule has 0 atom stereocenters. The van der Waals surface area contributed by atoms with Crippen LogP contribution in [-0.2, 0) is 0 Å². The van der Waals surface area contributed by atoms with Crippen molar-refractivity contribution in [2.75, 3.05) is 11.9 Å². The van der Waals surface area contributed by atoms with Gasteiger partial charge in [0.2, 0.25) is 0 Å². The van der Waals surface area contributed by atoms with Gasteiger partial charge in [-0.1, -0.05) is 22.0 Å². The molecule has 1 amide bonds. The van der Waals surface area contributed by atoms with Crippen molar-refractivity contribution >= 4 is 27.5 Å². The van der Waals surface area contributed by atoms with Gasteiger partial charge >= 0.3 is 0 Å². The van der Waals surface area contributed by atoms with Crippen LogP contribution in [0, 0.1) is 6.92 Å². The average molecular weight is 305 g/mol. The van der Waals surface area contributed by atoms with E-state index in [0.29, 0.717) is 5.56 Å². The molecule has 0 aliphatic rings. The Bertz CT molecular complexity index is 569. The van der Waals surface area contributed by atoms with E-state index in [1.807, 2.05) is 37.3 Å². The van der Waals surface area contributed by atoms with Crippen LogP contribution < -0.4 is 4.90 Å². The van der Waals surface area contributed by atoms with E-state index in [0.717, 1.165) is 15.7 Å². The average Bonchev–Trinajstić information content (AvgIpc) is 2.41. The van der Waals surface area contributed by atoms with E-state index in [4.69, 9.17) is 0 Å². The van der Waals surface area contributed by atoms with Crippen molar-refractivity contribution in [3.05, 3.63) is 58.3 Å². The third kappa shape index (κ3) is 2.43. The molecule has 4 heteroatoms. The first-order chi connectivity index (χ1) is 8.61. The lowest BCUT2D eigenvalue weighted by molar-refractivity contribution is 0.0992. The first-order valence-corrected chi connectivity index (χ1v) is 6.33. The summed E-state index contributed by atoms with van der Waals surface area (Å²) in [7, 11) is 1.75. The monoisotopic (exact) mass is 304 g/mol. The molecule has 1 heterocycles. The Hall–Kier alpha value is -1.68. The standard InChI is InChI=1S/C14H13BrN2O/c1-10-12(6-3-7-13(10)15)14(18)17(2)11-5-4-8-16-9-11/h3-9H,1-2H3. The molecule has 2 aromatic rings. The van der Waals surface area contributed by atoms with Crippen molar-refractivity contribution in [1.29, 1.82) is 0 Å². The van der Waals surface area contributed by atoms with Crippen molar-refractivity contribution in [1.82, 2.24) is 4.98 Å². The van der Waals surface area contributed by atoms with Crippen molar-refractivity contribution in [2.45, 2.75) is 6.92 Å². The third-order valence-electron chi connectivity index (χ3n) is 2.84. The molecule has 0 fully saturated rings. The van der Waals surface area contributed by atoms with E-state index in [1.54, 1.807) is 24.3 Å². The molecule has 1 aromatic heterocycles. The molecule has 0 N–H and O–H groups in total. The van der Waals surface area contributed by atoms with Crippen molar-refractivity contribution in [3.8, 4) is 0 Å². The number of hydrogen-bond acceptors (Lipinski definition) is 2. The minimum absolute atomic E-state index is 0.0400. The summed E-state index contributed by atoms with van der Waals surface area (Å²) >= 11 is 3.44. The number of amides is 1. The van der Waals surface area contributed by atoms with Gasteiger partial charge in [-0.15, -0.1) is 0 Å². The van der Waals surface area contributed by atoms with Gasteiger partial charge < -0.3 is 4.90 Å². The van der Waals surface area contributed by atoms with Gasteiger partial charge in [0.25, 0.3) is 5.91 Å². The summed E-state index contributed by atoms with van der Waals surface area (Å²) in [6.07, 6.45) is 3.36. The zero-order chi connectivity index (χ0) is 13.1. The molecule has 0 radical (unpaired) electrons. The molecule has 3 nitrogen and oxygen atoms in total. The topological polar surface area (TPSA) is 33.2 Å². The second-order valence-corrected chi connectivity index (χ2v) is 4.84. The normalized spacial score (nSPS) is 10.2. The molecule has 92 valence electrons. The number of carbonyl (C=O) groups excluding carboxylic acids is 1. The van der Waals surface area contributed by atoms with E-state index in [1.165, 1.54) is 0 Å². The van der Waals surface area contributed by atoms with Crippen molar-refractivity contribution in [2.24, 2.45) is 0 Å². The molecule has 1 aromatic carbocycles. The summed E-state index contributed by atoms with van der Waals surface area (Å²) in [5.41, 5.74) is 2.41. The lowest BCUT2D eigenvalue weighted by atomic mass is 10.1. The molecule has 2 rings (SSSR count). The number of carbonyl (C=O) groups is 1. The van der Waals surface area contributed by atoms with Gasteiger partial charge in [0.05, 0.1) is 11.9 Å². The van der Waals surface area contributed by atoms with Gasteiger partial charge in [-0.25, -0.2) is 0 Å². The van der Waals surface area contributed by atoms with Gasteiger partial charge in [-0.2, -0.15) is 0 Å². The van der Waals surface area contributed by atoms with Gasteiger partial charge in [0, 0.05) is 23.3 Å². The molecule has 0 aliphatic heterocycles. The van der Waals surface area contributed by atoms with Crippen LogP contribution in [0.3, 0.4) is 0 Å². The number of nitrogens with zero attached hydrogens (tertiary/aromatic N) is 2. The van der Waals surface area contributed by atoms with Crippen LogP contribution in [0.15, 0.2) is 47.2 Å². The number of benzene rings is 1. The Morgan fingerprint density at radius 2 is 2.06 bits per heavy atom. The number of anilines is 1. The molecule has 18 heavy (non-hydrogen) atoms. The third-order valence-corrected chi connectivity index (χ3v) is 3.70. The van der Waals surface area contributed by atoms with E-state index in [9.17, 15) is 4.79 Å². The van der Waals surface area contributed by atoms with E-state index < -0.39 is 0 Å². The number of hydrogen-bond donors (Lipinski definition) is 0. The Morgan fingerprint density at radius 1 is 1.28 bits per heavy atom. The molecule has 0 aliphatic carbocycles. The van der Waals surface area contributed by atoms with Crippen LogP contribution in [0.4, 0.5) is 5.69 Å². The SMILES string of the molecule is Cc1c(Br)cccc1C(=O)N(C)c1cccnc1. The zero-order valence-electron chi connectivity index (χ0n) is 10.2. The maximum absolute atomic E-state index is 12.4. The molecular formula is C14H13BrN2O. The molecule has 0 unspecified atom stereocenters. The lowest BCUT2D eigenvalue weighted by Gasteiger charge is -2.18. The highest BCUT2D eigenvalue weighted by Gasteiger charge is 2.16. The van der Waals surface area contributed by atoms with Crippen LogP contribution in [-0.4, -0.2) is 17.9 Å². The highest BCUT2D eigenvalue weighted by atomic mass is 79.9. The molecule has 0 spiro atoms. The predicted molar refractivity (Wildman–Crippen MR) is 75.8 cm³/mol. The zero-order valence-corrected chi connectivity index (χ0v) is 11.8. The number of rotatable bonds is 2. The van der Waals surface area contributed by atoms with E-state index in [2.05, 4.69) is 20.9 Å². The fourth-order valence-electron chi connectivity index (χ4n) is 1.69. The lowest BCUT2D eigenvalue weighted by Crippen LogP contribution is -2.27. The van der Waals surface area contributed by atoms with Crippen LogP contribution >= 0.6 is 15.9 Å². The van der Waals surface area contributed by atoms with Gasteiger partial charge in [0.1, 0.15) is 0 Å². The molecular weight excluding hydrogens is 292 g/mol. The van der Waals surface area contributed by atoms with Gasteiger partial charge in [-0.3, -0.25) is 9.78 Å². The van der Waals surface area contributed by atoms with Crippen LogP contribution in [0.2, 0.25) is 0 Å². The van der Waals surface area contributed by atoms with Crippen LogP contribution in [0.5, 0.6) is 0 Å². The summed E-state index contributed by atoms with van der Waals surface area (Å²) in [4.78, 5) is 18.0. The quantitative estimate of drug-likeness (QED) is 0.851. The minimum Gasteiger partial charge on any atom is -0.310 e. The van der Waals surface area contributed by atoms with Gasteiger partial charge in [0.15, 0.2) is 0 Å². The molecule has 0 saturated carbocycles. The highest BCUT2D eigenvalue weighted by molar-refractivity contribution is 9.10. The number of pyridine rings is 1. The Kier molecular flexibility index (Phi) is 3.77. The second-order valence-electron chi connectivity index (χ2n) is 3.99. The highest BCUT2D eigenvalue weighted by Crippen LogP contribution is 2.22. The van der Waals surface area contributed by atoms with E-state index in [-0.39, 0.29) is 5.91 Å². The number of aromatic nitrogens is 1. The second kappa shape index (κ2) is 5.31. The summed E-state index contributed by atoms with van der Waals surface area (Å²) in [5.74, 6) is -0.0400. The van der Waals surface area contributed by atoms with E-state index >= 15 is 0 Å². The van der Waals surface area contributed by atoms with Crippen LogP contribution in [0.25, 0.3) is 0 Å². The Balaban J connectivity index is 2.35. The molecule has 0 bridgehead atoms. The summed E-state index contributed by atoms with van der Waals surface area (Å²) in [6, 6.07) is 9.29. The first kappa shape index (κ1) is 12.8. The number of halogens is 1. The van der Waals surface area contributed by atoms with Crippen LogP contribution in [0.1, 0.15) is 15.9 Å². The smallest absolute Gasteiger partial charge is 0.258 e. The fourth-order valence-corrected chi connectivity index (χ4v) is 2.06. The Morgan fingerprint density at radius 3 is 2.72 bits per heavy atom. The first-order valence-electron chi connectivity index (χ1n) is 5.54. The van der Waals surface area contributed by atoms with Crippen molar-refractivity contribution < 1.29 is 4.79 Å². The molecule has 0 saturated heterocycles. The largest absolute Gasteiger partial charge is 0.310 e. The summed E-state index contributed by atoms with van der Waals surface area (Å²) < 4.78 is 0.938. The summed E-state index contributed by atoms with van der Waals surface area (Å²) in [6.45, 7) is 1.92. The Labute approximate surface area is 115 Å².